The van der Waals surface area contributed by atoms with E-state index in [9.17, 15) is 4.79 Å². The number of carbonyl (C=O) groups is 1. The lowest BCUT2D eigenvalue weighted by Crippen LogP contribution is -2.52. The van der Waals surface area contributed by atoms with Gasteiger partial charge in [0.2, 0.25) is 0 Å². The van der Waals surface area contributed by atoms with Crippen molar-refractivity contribution >= 4 is 23.4 Å². The molecule has 4 saturated heterocycles. The molecule has 5 nitrogen and oxygen atoms in total. The average molecular weight is 238 g/mol. The van der Waals surface area contributed by atoms with Gasteiger partial charge in [0.05, 0.1) is 0 Å². The van der Waals surface area contributed by atoms with Gasteiger partial charge in [-0.15, -0.1) is 0 Å². The summed E-state index contributed by atoms with van der Waals surface area (Å²) in [6, 6.07) is 0.215. The SMILES string of the molecule is O=C1N2CCCN3C(=S)N4CCCN1C4C23. The Hall–Kier alpha value is -1.04. The summed E-state index contributed by atoms with van der Waals surface area (Å²) in [5.41, 5.74) is 0. The molecule has 4 fully saturated rings. The zero-order valence-electron chi connectivity index (χ0n) is 9.00. The van der Waals surface area contributed by atoms with Crippen LogP contribution in [0.15, 0.2) is 0 Å². The van der Waals surface area contributed by atoms with E-state index in [-0.39, 0.29) is 18.4 Å². The van der Waals surface area contributed by atoms with Gasteiger partial charge in [-0.2, -0.15) is 0 Å². The maximum atomic E-state index is 12.2. The number of nitrogens with zero attached hydrogens (tertiary/aromatic N) is 4. The Bertz CT molecular complexity index is 323. The van der Waals surface area contributed by atoms with Gasteiger partial charge in [-0.25, -0.2) is 4.79 Å². The molecule has 0 spiro atoms. The molecule has 0 aromatic heterocycles. The summed E-state index contributed by atoms with van der Waals surface area (Å²) in [6.45, 7) is 3.80. The largest absolute Gasteiger partial charge is 0.325 e. The summed E-state index contributed by atoms with van der Waals surface area (Å²) >= 11 is 5.51. The van der Waals surface area contributed by atoms with Gasteiger partial charge in [0.15, 0.2) is 5.11 Å². The summed E-state index contributed by atoms with van der Waals surface area (Å²) in [4.78, 5) is 20.7. The second kappa shape index (κ2) is 2.80. The van der Waals surface area contributed by atoms with Gasteiger partial charge >= 0.3 is 6.03 Å². The monoisotopic (exact) mass is 238 g/mol. The van der Waals surface area contributed by atoms with Crippen LogP contribution in [0.4, 0.5) is 4.79 Å². The van der Waals surface area contributed by atoms with Gasteiger partial charge in [-0.05, 0) is 25.1 Å². The molecule has 0 aromatic rings. The second-order valence-corrected chi connectivity index (χ2v) is 5.24. The van der Waals surface area contributed by atoms with E-state index in [1.165, 1.54) is 0 Å². The molecule has 2 unspecified atom stereocenters. The minimum atomic E-state index is 0.203. The van der Waals surface area contributed by atoms with Gasteiger partial charge in [0, 0.05) is 26.2 Å². The average Bonchev–Trinajstić information content (AvgIpc) is 2.78. The standard InChI is InChI=1S/C10H14N4OS/c15-9-11-3-1-5-13-7(11)8-12(9)4-2-6-14(8)10(13)16/h7-8H,1-6H2. The van der Waals surface area contributed by atoms with Crippen molar-refractivity contribution in [2.75, 3.05) is 26.2 Å². The van der Waals surface area contributed by atoms with E-state index >= 15 is 0 Å². The van der Waals surface area contributed by atoms with Crippen molar-refractivity contribution in [3.8, 4) is 0 Å². The van der Waals surface area contributed by atoms with E-state index < -0.39 is 0 Å². The highest BCUT2D eigenvalue weighted by Gasteiger charge is 2.59. The van der Waals surface area contributed by atoms with Crippen LogP contribution in [-0.4, -0.2) is 69.3 Å². The number of hydrogen-bond acceptors (Lipinski definition) is 2. The van der Waals surface area contributed by atoms with Gasteiger partial charge in [-0.1, -0.05) is 0 Å². The molecule has 4 aliphatic rings. The highest BCUT2D eigenvalue weighted by molar-refractivity contribution is 7.80. The third kappa shape index (κ3) is 0.841. The zero-order chi connectivity index (χ0) is 10.9. The molecule has 86 valence electrons. The zero-order valence-corrected chi connectivity index (χ0v) is 9.82. The van der Waals surface area contributed by atoms with Crippen LogP contribution in [0, 0.1) is 0 Å². The first-order chi connectivity index (χ1) is 7.79. The maximum absolute atomic E-state index is 12.2. The number of thiocarbonyl (C=S) groups is 1. The summed E-state index contributed by atoms with van der Waals surface area (Å²) in [6.07, 6.45) is 2.48. The van der Waals surface area contributed by atoms with Crippen molar-refractivity contribution in [1.29, 1.82) is 0 Å². The Morgan fingerprint density at radius 1 is 0.875 bits per heavy atom. The van der Waals surface area contributed by atoms with Crippen LogP contribution in [-0.2, 0) is 0 Å². The van der Waals surface area contributed by atoms with E-state index in [2.05, 4.69) is 9.80 Å². The molecule has 4 rings (SSSR count). The van der Waals surface area contributed by atoms with Gasteiger partial charge < -0.3 is 19.6 Å². The molecular formula is C10H14N4OS. The number of urea groups is 1. The predicted molar refractivity (Wildman–Crippen MR) is 61.6 cm³/mol. The number of carbonyl (C=O) groups excluding carboxylic acids is 1. The number of hydrogen-bond donors (Lipinski definition) is 0. The number of rotatable bonds is 0. The Labute approximate surface area is 99.6 Å². The Balaban J connectivity index is 1.83. The van der Waals surface area contributed by atoms with E-state index in [0.29, 0.717) is 0 Å². The van der Waals surface area contributed by atoms with E-state index in [0.717, 1.165) is 44.1 Å². The van der Waals surface area contributed by atoms with Crippen LogP contribution in [0.3, 0.4) is 0 Å². The molecule has 0 bridgehead atoms. The minimum absolute atomic E-state index is 0.203. The van der Waals surface area contributed by atoms with E-state index in [1.807, 2.05) is 9.80 Å². The summed E-state index contributed by atoms with van der Waals surface area (Å²) in [5, 5.41) is 0.955. The Morgan fingerprint density at radius 3 is 1.81 bits per heavy atom. The molecule has 0 aromatic carbocycles. The number of amides is 2. The van der Waals surface area contributed by atoms with Crippen molar-refractivity contribution < 1.29 is 4.79 Å². The molecule has 0 N–H and O–H groups in total. The second-order valence-electron chi connectivity index (χ2n) is 4.87. The molecule has 6 heteroatoms. The summed E-state index contributed by atoms with van der Waals surface area (Å²) in [7, 11) is 0. The molecule has 16 heavy (non-hydrogen) atoms. The van der Waals surface area contributed by atoms with Crippen molar-refractivity contribution in [3.63, 3.8) is 0 Å². The predicted octanol–water partition coefficient (Wildman–Crippen LogP) is 0.0861. The van der Waals surface area contributed by atoms with E-state index in [1.54, 1.807) is 0 Å². The normalized spacial score (nSPS) is 36.2. The van der Waals surface area contributed by atoms with Crippen LogP contribution in [0.5, 0.6) is 0 Å². The lowest BCUT2D eigenvalue weighted by molar-refractivity contribution is 0.0842. The molecule has 2 amide bonds. The molecule has 2 atom stereocenters. The quantitative estimate of drug-likeness (QED) is 0.559. The lowest BCUT2D eigenvalue weighted by Gasteiger charge is -2.37. The first-order valence-electron chi connectivity index (χ1n) is 5.93. The minimum Gasteiger partial charge on any atom is -0.325 e. The maximum Gasteiger partial charge on any atom is 0.323 e. The highest BCUT2D eigenvalue weighted by Crippen LogP contribution is 2.39. The molecule has 4 heterocycles. The first-order valence-corrected chi connectivity index (χ1v) is 6.34. The molecule has 4 aliphatic heterocycles. The molecular weight excluding hydrogens is 224 g/mol. The summed E-state index contributed by atoms with van der Waals surface area (Å²) < 4.78 is 0. The fraction of sp³-hybridized carbons (Fsp3) is 0.800. The van der Waals surface area contributed by atoms with E-state index in [4.69, 9.17) is 12.2 Å². The van der Waals surface area contributed by atoms with Crippen molar-refractivity contribution in [1.82, 2.24) is 19.6 Å². The topological polar surface area (TPSA) is 30.0 Å². The fourth-order valence-electron chi connectivity index (χ4n) is 3.50. The Morgan fingerprint density at radius 2 is 1.31 bits per heavy atom. The third-order valence-corrected chi connectivity index (χ3v) is 4.59. The third-order valence-electron chi connectivity index (χ3n) is 4.12. The molecule has 0 radical (unpaired) electrons. The van der Waals surface area contributed by atoms with Gasteiger partial charge in [0.25, 0.3) is 0 Å². The van der Waals surface area contributed by atoms with Gasteiger partial charge in [0.1, 0.15) is 12.3 Å². The smallest absolute Gasteiger partial charge is 0.323 e. The van der Waals surface area contributed by atoms with Gasteiger partial charge in [-0.3, -0.25) is 0 Å². The Kier molecular flexibility index (Phi) is 1.58. The van der Waals surface area contributed by atoms with Crippen molar-refractivity contribution in [3.05, 3.63) is 0 Å². The van der Waals surface area contributed by atoms with Crippen LogP contribution in [0.25, 0.3) is 0 Å². The van der Waals surface area contributed by atoms with Crippen molar-refractivity contribution in [2.45, 2.75) is 25.2 Å². The summed E-state index contributed by atoms with van der Waals surface area (Å²) in [5.74, 6) is 0. The molecule has 0 saturated carbocycles. The van der Waals surface area contributed by atoms with Crippen LogP contribution in [0.1, 0.15) is 12.8 Å². The first kappa shape index (κ1) is 9.04. The fourth-order valence-corrected chi connectivity index (χ4v) is 3.90. The van der Waals surface area contributed by atoms with Crippen LogP contribution >= 0.6 is 12.2 Å². The highest BCUT2D eigenvalue weighted by atomic mass is 32.1. The lowest BCUT2D eigenvalue weighted by atomic mass is 10.2. The molecule has 0 aliphatic carbocycles. The van der Waals surface area contributed by atoms with Crippen LogP contribution < -0.4 is 0 Å². The van der Waals surface area contributed by atoms with Crippen LogP contribution in [0.2, 0.25) is 0 Å². The van der Waals surface area contributed by atoms with Crippen molar-refractivity contribution in [2.24, 2.45) is 0 Å².